The second-order valence-electron chi connectivity index (χ2n) is 7.90. The fourth-order valence-electron chi connectivity index (χ4n) is 3.85. The van der Waals surface area contributed by atoms with Gasteiger partial charge in [-0.15, -0.1) is 0 Å². The van der Waals surface area contributed by atoms with Crippen LogP contribution in [0.25, 0.3) is 0 Å². The number of anilines is 1. The molecule has 1 saturated heterocycles. The van der Waals surface area contributed by atoms with Crippen molar-refractivity contribution in [1.29, 1.82) is 0 Å². The van der Waals surface area contributed by atoms with Crippen LogP contribution in [0.15, 0.2) is 65.7 Å². The maximum absolute atomic E-state index is 14.0. The zero-order valence-corrected chi connectivity index (χ0v) is 19.1. The normalized spacial score (nSPS) is 14.1. The number of nitrogens with zero attached hydrogens (tertiary/aromatic N) is 4. The first-order valence-corrected chi connectivity index (χ1v) is 12.2. The quantitative estimate of drug-likeness (QED) is 0.376. The van der Waals surface area contributed by atoms with Crippen LogP contribution in [0.5, 0.6) is 0 Å². The van der Waals surface area contributed by atoms with Crippen LogP contribution in [0.4, 0.5) is 20.3 Å². The summed E-state index contributed by atoms with van der Waals surface area (Å²) in [5.41, 5.74) is -1.30. The van der Waals surface area contributed by atoms with E-state index in [-0.39, 0.29) is 5.56 Å². The van der Waals surface area contributed by atoms with E-state index >= 15 is 0 Å². The Bertz CT molecular complexity index is 1380. The van der Waals surface area contributed by atoms with Crippen LogP contribution < -0.4 is 4.90 Å². The van der Waals surface area contributed by atoms with Gasteiger partial charge in [0.05, 0.1) is 10.7 Å². The first-order chi connectivity index (χ1) is 16.7. The predicted molar refractivity (Wildman–Crippen MR) is 123 cm³/mol. The number of hydrogen-bond acceptors (Lipinski definition) is 7. The van der Waals surface area contributed by atoms with Crippen molar-refractivity contribution in [2.45, 2.75) is 10.6 Å². The van der Waals surface area contributed by atoms with E-state index in [9.17, 15) is 32.1 Å². The highest BCUT2D eigenvalue weighted by Crippen LogP contribution is 2.29. The third-order valence-corrected chi connectivity index (χ3v) is 7.34. The first kappa shape index (κ1) is 24.2. The second-order valence-corrected chi connectivity index (χ2v) is 9.86. The fraction of sp³-hybridized carbons (Fsp3) is 0.217. The molecule has 0 aliphatic carbocycles. The molecule has 0 spiro atoms. The van der Waals surface area contributed by atoms with Crippen molar-refractivity contribution < 1.29 is 26.9 Å². The van der Waals surface area contributed by atoms with E-state index in [2.05, 4.69) is 4.98 Å². The van der Waals surface area contributed by atoms with Crippen molar-refractivity contribution in [2.75, 3.05) is 31.1 Å². The summed E-state index contributed by atoms with van der Waals surface area (Å²) in [6, 6.07) is 10.9. The molecule has 0 saturated carbocycles. The van der Waals surface area contributed by atoms with Crippen LogP contribution >= 0.6 is 0 Å². The van der Waals surface area contributed by atoms with Gasteiger partial charge in [0.2, 0.25) is 0 Å². The summed E-state index contributed by atoms with van der Waals surface area (Å²) in [4.78, 5) is 30.9. The molecule has 9 nitrogen and oxygen atoms in total. The van der Waals surface area contributed by atoms with E-state index in [1.165, 1.54) is 11.0 Å². The van der Waals surface area contributed by atoms with Crippen molar-refractivity contribution in [3.05, 3.63) is 93.7 Å². The molecule has 1 aliphatic heterocycles. The van der Waals surface area contributed by atoms with Gasteiger partial charge in [0, 0.05) is 49.6 Å². The molecule has 12 heteroatoms. The summed E-state index contributed by atoms with van der Waals surface area (Å²) in [5, 5.41) is 11.7. The molecule has 1 aromatic heterocycles. The highest BCUT2D eigenvalue weighted by molar-refractivity contribution is 7.90. The maximum Gasteiger partial charge on any atom is 0.288 e. The Kier molecular flexibility index (Phi) is 6.74. The number of rotatable bonds is 6. The number of amides is 1. The SMILES string of the molecule is O=C(c1ccc(S(=O)(=O)Cc2cc(F)ccc2F)c([N+](=O)[O-])c1)N1CCN(c2ccccn2)CC1. The van der Waals surface area contributed by atoms with E-state index in [1.54, 1.807) is 12.3 Å². The average Bonchev–Trinajstić information content (AvgIpc) is 2.86. The van der Waals surface area contributed by atoms with Crippen molar-refractivity contribution in [1.82, 2.24) is 9.88 Å². The third-order valence-electron chi connectivity index (χ3n) is 5.63. The largest absolute Gasteiger partial charge is 0.353 e. The number of hydrogen-bond donors (Lipinski definition) is 0. The molecular formula is C23H20F2N4O5S. The zero-order chi connectivity index (χ0) is 25.2. The lowest BCUT2D eigenvalue weighted by atomic mass is 10.1. The standard InChI is InChI=1S/C23H20F2N4O5S/c24-18-5-6-19(25)17(13-18)15-35(33,34)21-7-4-16(14-20(21)29(31)32)23(30)28-11-9-27(10-12-28)22-3-1-2-8-26-22/h1-8,13-14H,9-12,15H2. The molecule has 2 aromatic carbocycles. The number of benzene rings is 2. The van der Waals surface area contributed by atoms with Crippen LogP contribution in [-0.4, -0.2) is 55.3 Å². The lowest BCUT2D eigenvalue weighted by Gasteiger charge is -2.35. The summed E-state index contributed by atoms with van der Waals surface area (Å²) in [5.74, 6) is -2.46. The predicted octanol–water partition coefficient (Wildman–Crippen LogP) is 3.20. The lowest BCUT2D eigenvalue weighted by Crippen LogP contribution is -2.49. The number of piperazine rings is 1. The van der Waals surface area contributed by atoms with Gasteiger partial charge in [0.25, 0.3) is 11.6 Å². The van der Waals surface area contributed by atoms with Gasteiger partial charge in [-0.25, -0.2) is 22.2 Å². The molecule has 3 aromatic rings. The van der Waals surface area contributed by atoms with Crippen molar-refractivity contribution in [3.63, 3.8) is 0 Å². The van der Waals surface area contributed by atoms with E-state index in [4.69, 9.17) is 0 Å². The van der Waals surface area contributed by atoms with Gasteiger partial charge in [-0.3, -0.25) is 14.9 Å². The fourth-order valence-corrected chi connectivity index (χ4v) is 5.37. The molecule has 0 atom stereocenters. The molecule has 182 valence electrons. The van der Waals surface area contributed by atoms with E-state index in [0.717, 1.165) is 36.1 Å². The monoisotopic (exact) mass is 502 g/mol. The number of nitro benzene ring substituents is 1. The van der Waals surface area contributed by atoms with Crippen molar-refractivity contribution in [2.24, 2.45) is 0 Å². The Labute approximate surface area is 199 Å². The molecule has 2 heterocycles. The number of aromatic nitrogens is 1. The van der Waals surface area contributed by atoms with Crippen LogP contribution in [0.2, 0.25) is 0 Å². The van der Waals surface area contributed by atoms with Gasteiger partial charge >= 0.3 is 0 Å². The number of carbonyl (C=O) groups excluding carboxylic acids is 1. The van der Waals surface area contributed by atoms with E-state index in [0.29, 0.717) is 26.2 Å². The van der Waals surface area contributed by atoms with Gasteiger partial charge in [-0.05, 0) is 42.5 Å². The number of carbonyl (C=O) groups is 1. The molecule has 1 amide bonds. The minimum Gasteiger partial charge on any atom is -0.353 e. The number of nitro groups is 1. The Morgan fingerprint density at radius 1 is 1.03 bits per heavy atom. The van der Waals surface area contributed by atoms with Crippen molar-refractivity contribution in [3.8, 4) is 0 Å². The minimum atomic E-state index is -4.42. The molecule has 0 radical (unpaired) electrons. The van der Waals surface area contributed by atoms with Crippen LogP contribution in [0, 0.1) is 21.7 Å². The third kappa shape index (κ3) is 5.27. The Morgan fingerprint density at radius 3 is 2.43 bits per heavy atom. The molecular weight excluding hydrogens is 482 g/mol. The van der Waals surface area contributed by atoms with Crippen LogP contribution in [0.1, 0.15) is 15.9 Å². The van der Waals surface area contributed by atoms with E-state index < -0.39 is 54.2 Å². The van der Waals surface area contributed by atoms with E-state index in [1.807, 2.05) is 17.0 Å². The Morgan fingerprint density at radius 2 is 1.77 bits per heavy atom. The highest BCUT2D eigenvalue weighted by Gasteiger charge is 2.30. The summed E-state index contributed by atoms with van der Waals surface area (Å²) in [6.45, 7) is 1.72. The lowest BCUT2D eigenvalue weighted by molar-refractivity contribution is -0.387. The topological polar surface area (TPSA) is 114 Å². The smallest absolute Gasteiger partial charge is 0.288 e. The number of sulfone groups is 1. The number of pyridine rings is 1. The summed E-state index contributed by atoms with van der Waals surface area (Å²) < 4.78 is 53.1. The summed E-state index contributed by atoms with van der Waals surface area (Å²) in [6.07, 6.45) is 1.67. The zero-order valence-electron chi connectivity index (χ0n) is 18.3. The average molecular weight is 502 g/mol. The maximum atomic E-state index is 14.0. The molecule has 4 rings (SSSR count). The van der Waals surface area contributed by atoms with Crippen molar-refractivity contribution >= 4 is 27.2 Å². The highest BCUT2D eigenvalue weighted by atomic mass is 32.2. The molecule has 1 fully saturated rings. The Balaban J connectivity index is 1.55. The van der Waals surface area contributed by atoms with Gasteiger partial charge in [-0.2, -0.15) is 0 Å². The second kappa shape index (κ2) is 9.74. The first-order valence-electron chi connectivity index (χ1n) is 10.6. The van der Waals surface area contributed by atoms with Gasteiger partial charge in [0.1, 0.15) is 22.3 Å². The van der Waals surface area contributed by atoms with Gasteiger partial charge < -0.3 is 9.80 Å². The Hall–Kier alpha value is -3.93. The molecule has 0 N–H and O–H groups in total. The molecule has 0 unspecified atom stereocenters. The summed E-state index contributed by atoms with van der Waals surface area (Å²) in [7, 11) is -4.42. The molecule has 1 aliphatic rings. The minimum absolute atomic E-state index is 0.0427. The molecule has 0 bridgehead atoms. The van der Waals surface area contributed by atoms with Gasteiger partial charge in [0.15, 0.2) is 9.84 Å². The summed E-state index contributed by atoms with van der Waals surface area (Å²) >= 11 is 0. The van der Waals surface area contributed by atoms with Crippen LogP contribution in [-0.2, 0) is 15.6 Å². The van der Waals surface area contributed by atoms with Gasteiger partial charge in [-0.1, -0.05) is 6.07 Å². The van der Waals surface area contributed by atoms with Crippen LogP contribution in [0.3, 0.4) is 0 Å². The molecule has 35 heavy (non-hydrogen) atoms. The number of halogens is 2.